The first-order chi connectivity index (χ1) is 15.1. The number of carbonyl (C=O) groups excluding carboxylic acids is 1. The SMILES string of the molecule is CCOc1ccc(C(C)NC(=NC)NCC(=O)N2CCc3ccccc32)cc1OCC. The van der Waals surface area contributed by atoms with Gasteiger partial charge in [0.1, 0.15) is 0 Å². The summed E-state index contributed by atoms with van der Waals surface area (Å²) in [5.41, 5.74) is 3.26. The molecule has 1 unspecified atom stereocenters. The molecule has 0 fully saturated rings. The fraction of sp³-hybridized carbons (Fsp3) is 0.417. The van der Waals surface area contributed by atoms with Crippen LogP contribution in [0.15, 0.2) is 47.5 Å². The van der Waals surface area contributed by atoms with E-state index in [1.165, 1.54) is 5.56 Å². The molecule has 7 heteroatoms. The third-order valence-corrected chi connectivity index (χ3v) is 5.24. The molecule has 2 aromatic rings. The van der Waals surface area contributed by atoms with Crippen LogP contribution in [-0.4, -0.2) is 45.2 Å². The topological polar surface area (TPSA) is 75.2 Å². The lowest BCUT2D eigenvalue weighted by Crippen LogP contribution is -2.45. The maximum atomic E-state index is 12.8. The quantitative estimate of drug-likeness (QED) is 0.502. The Kier molecular flexibility index (Phi) is 7.76. The lowest BCUT2D eigenvalue weighted by molar-refractivity contribution is -0.117. The van der Waals surface area contributed by atoms with E-state index < -0.39 is 0 Å². The number of para-hydroxylation sites is 1. The number of guanidine groups is 1. The molecule has 0 radical (unpaired) electrons. The van der Waals surface area contributed by atoms with E-state index in [4.69, 9.17) is 9.47 Å². The van der Waals surface area contributed by atoms with Crippen LogP contribution < -0.4 is 25.0 Å². The molecular weight excluding hydrogens is 392 g/mol. The number of hydrogen-bond donors (Lipinski definition) is 2. The minimum absolute atomic E-state index is 0.0280. The van der Waals surface area contributed by atoms with Crippen molar-refractivity contribution in [1.82, 2.24) is 10.6 Å². The van der Waals surface area contributed by atoms with Crippen molar-refractivity contribution in [3.05, 3.63) is 53.6 Å². The minimum Gasteiger partial charge on any atom is -0.490 e. The number of aliphatic imine (C=N–C) groups is 1. The second kappa shape index (κ2) is 10.7. The van der Waals surface area contributed by atoms with Crippen LogP contribution in [0.5, 0.6) is 11.5 Å². The van der Waals surface area contributed by atoms with Crippen molar-refractivity contribution in [2.24, 2.45) is 4.99 Å². The van der Waals surface area contributed by atoms with Crippen LogP contribution in [0.2, 0.25) is 0 Å². The summed E-state index contributed by atoms with van der Waals surface area (Å²) in [7, 11) is 1.70. The Morgan fingerprint density at radius 2 is 1.87 bits per heavy atom. The van der Waals surface area contributed by atoms with E-state index in [2.05, 4.69) is 21.7 Å². The summed E-state index contributed by atoms with van der Waals surface area (Å²) < 4.78 is 11.4. The summed E-state index contributed by atoms with van der Waals surface area (Å²) in [5, 5.41) is 6.48. The van der Waals surface area contributed by atoms with Crippen LogP contribution in [0.4, 0.5) is 5.69 Å². The molecule has 0 spiro atoms. The smallest absolute Gasteiger partial charge is 0.246 e. The summed E-state index contributed by atoms with van der Waals surface area (Å²) in [4.78, 5) is 18.9. The largest absolute Gasteiger partial charge is 0.490 e. The molecule has 7 nitrogen and oxygen atoms in total. The fourth-order valence-electron chi connectivity index (χ4n) is 3.67. The average molecular weight is 425 g/mol. The van der Waals surface area contributed by atoms with E-state index in [0.717, 1.165) is 29.2 Å². The van der Waals surface area contributed by atoms with E-state index >= 15 is 0 Å². The van der Waals surface area contributed by atoms with Crippen molar-refractivity contribution in [2.75, 3.05) is 38.3 Å². The van der Waals surface area contributed by atoms with Gasteiger partial charge in [-0.15, -0.1) is 0 Å². The van der Waals surface area contributed by atoms with Crippen LogP contribution in [0.25, 0.3) is 0 Å². The summed E-state index contributed by atoms with van der Waals surface area (Å²) in [6.07, 6.45) is 0.895. The minimum atomic E-state index is -0.0382. The number of fused-ring (bicyclic) bond motifs is 1. The van der Waals surface area contributed by atoms with Crippen molar-refractivity contribution in [2.45, 2.75) is 33.2 Å². The van der Waals surface area contributed by atoms with E-state index in [0.29, 0.717) is 25.7 Å². The number of rotatable bonds is 8. The summed E-state index contributed by atoms with van der Waals surface area (Å²) in [5.74, 6) is 2.06. The van der Waals surface area contributed by atoms with Gasteiger partial charge in [-0.05, 0) is 56.5 Å². The lowest BCUT2D eigenvalue weighted by Gasteiger charge is -2.21. The zero-order chi connectivity index (χ0) is 22.2. The first kappa shape index (κ1) is 22.5. The van der Waals surface area contributed by atoms with Gasteiger partial charge in [0.05, 0.1) is 25.8 Å². The molecule has 31 heavy (non-hydrogen) atoms. The van der Waals surface area contributed by atoms with Gasteiger partial charge in [-0.1, -0.05) is 24.3 Å². The van der Waals surface area contributed by atoms with Gasteiger partial charge in [0, 0.05) is 19.3 Å². The molecule has 0 aromatic heterocycles. The molecule has 2 aromatic carbocycles. The fourth-order valence-corrected chi connectivity index (χ4v) is 3.67. The van der Waals surface area contributed by atoms with Gasteiger partial charge in [-0.2, -0.15) is 0 Å². The van der Waals surface area contributed by atoms with Crippen LogP contribution in [0.3, 0.4) is 0 Å². The molecule has 0 saturated carbocycles. The van der Waals surface area contributed by atoms with E-state index in [1.807, 2.05) is 62.1 Å². The Bertz CT molecular complexity index is 929. The lowest BCUT2D eigenvalue weighted by atomic mass is 10.1. The highest BCUT2D eigenvalue weighted by Crippen LogP contribution is 2.31. The number of anilines is 1. The Morgan fingerprint density at radius 3 is 2.61 bits per heavy atom. The highest BCUT2D eigenvalue weighted by atomic mass is 16.5. The number of ether oxygens (including phenoxy) is 2. The van der Waals surface area contributed by atoms with Gasteiger partial charge < -0.3 is 25.0 Å². The number of nitrogens with one attached hydrogen (secondary N) is 2. The van der Waals surface area contributed by atoms with Crippen LogP contribution in [0.1, 0.15) is 37.9 Å². The summed E-state index contributed by atoms with van der Waals surface area (Å²) in [6, 6.07) is 13.9. The molecule has 3 rings (SSSR count). The van der Waals surface area contributed by atoms with Gasteiger partial charge in [0.15, 0.2) is 17.5 Å². The highest BCUT2D eigenvalue weighted by Gasteiger charge is 2.24. The van der Waals surface area contributed by atoms with E-state index in [-0.39, 0.29) is 18.5 Å². The van der Waals surface area contributed by atoms with Crippen molar-refractivity contribution in [3.63, 3.8) is 0 Å². The number of hydrogen-bond acceptors (Lipinski definition) is 4. The molecule has 1 heterocycles. The van der Waals surface area contributed by atoms with Crippen molar-refractivity contribution in [3.8, 4) is 11.5 Å². The molecule has 1 aliphatic heterocycles. The molecule has 0 aliphatic carbocycles. The molecule has 1 atom stereocenters. The Morgan fingerprint density at radius 1 is 1.13 bits per heavy atom. The van der Waals surface area contributed by atoms with Gasteiger partial charge >= 0.3 is 0 Å². The van der Waals surface area contributed by atoms with E-state index in [1.54, 1.807) is 7.05 Å². The maximum Gasteiger partial charge on any atom is 0.246 e. The predicted octanol–water partition coefficient (Wildman–Crippen LogP) is 3.30. The molecule has 166 valence electrons. The molecule has 0 saturated heterocycles. The Hall–Kier alpha value is -3.22. The second-order valence-corrected chi connectivity index (χ2v) is 7.29. The summed E-state index contributed by atoms with van der Waals surface area (Å²) in [6.45, 7) is 7.98. The number of nitrogens with zero attached hydrogens (tertiary/aromatic N) is 2. The molecular formula is C24H32N4O3. The second-order valence-electron chi connectivity index (χ2n) is 7.29. The summed E-state index contributed by atoms with van der Waals surface area (Å²) >= 11 is 0. The first-order valence-corrected chi connectivity index (χ1v) is 10.8. The number of amides is 1. The average Bonchev–Trinajstić information content (AvgIpc) is 3.22. The van der Waals surface area contributed by atoms with Crippen molar-refractivity contribution >= 4 is 17.6 Å². The number of carbonyl (C=O) groups is 1. The molecule has 1 aliphatic rings. The standard InChI is InChI=1S/C24H32N4O3/c1-5-30-21-12-11-19(15-22(21)31-6-2)17(3)27-24(25-4)26-16-23(29)28-14-13-18-9-7-8-10-20(18)28/h7-12,15,17H,5-6,13-14,16H2,1-4H3,(H2,25,26,27). The van der Waals surface area contributed by atoms with E-state index in [9.17, 15) is 4.79 Å². The van der Waals surface area contributed by atoms with Crippen molar-refractivity contribution < 1.29 is 14.3 Å². The van der Waals surface area contributed by atoms with Crippen LogP contribution >= 0.6 is 0 Å². The Labute approximate surface area is 184 Å². The van der Waals surface area contributed by atoms with Gasteiger partial charge in [-0.25, -0.2) is 0 Å². The van der Waals surface area contributed by atoms with Gasteiger partial charge in [-0.3, -0.25) is 9.79 Å². The third-order valence-electron chi connectivity index (χ3n) is 5.24. The predicted molar refractivity (Wildman–Crippen MR) is 124 cm³/mol. The normalized spacial score (nSPS) is 14.1. The Balaban J connectivity index is 1.60. The number of benzene rings is 2. The highest BCUT2D eigenvalue weighted by molar-refractivity contribution is 5.98. The maximum absolute atomic E-state index is 12.8. The van der Waals surface area contributed by atoms with Gasteiger partial charge in [0.25, 0.3) is 0 Å². The zero-order valence-electron chi connectivity index (χ0n) is 18.8. The first-order valence-electron chi connectivity index (χ1n) is 10.8. The molecule has 2 N–H and O–H groups in total. The zero-order valence-corrected chi connectivity index (χ0v) is 18.8. The third kappa shape index (κ3) is 5.48. The van der Waals surface area contributed by atoms with Gasteiger partial charge in [0.2, 0.25) is 5.91 Å². The molecule has 0 bridgehead atoms. The molecule has 1 amide bonds. The van der Waals surface area contributed by atoms with Crippen LogP contribution in [-0.2, 0) is 11.2 Å². The van der Waals surface area contributed by atoms with Crippen molar-refractivity contribution in [1.29, 1.82) is 0 Å². The van der Waals surface area contributed by atoms with Crippen LogP contribution in [0, 0.1) is 0 Å². The monoisotopic (exact) mass is 424 g/mol.